The number of aryl methyl sites for hydroxylation is 2. The van der Waals surface area contributed by atoms with E-state index in [-0.39, 0.29) is 10.6 Å². The predicted octanol–water partition coefficient (Wildman–Crippen LogP) is 4.57. The number of benzene rings is 2. The third-order valence-corrected chi connectivity index (χ3v) is 4.65. The molecule has 1 aliphatic rings. The minimum atomic E-state index is -0.695. The molecular weight excluding hydrogens is 405 g/mol. The molecule has 8 heteroatoms. The summed E-state index contributed by atoms with van der Waals surface area (Å²) in [4.78, 5) is 24.5. The number of rotatable bonds is 4. The molecule has 0 saturated heterocycles. The maximum atomic E-state index is 12.3. The molecule has 2 aromatic carbocycles. The molecule has 0 saturated carbocycles. The van der Waals surface area contributed by atoms with Crippen molar-refractivity contribution in [1.82, 2.24) is 0 Å². The topological polar surface area (TPSA) is 73.9 Å². The van der Waals surface area contributed by atoms with Gasteiger partial charge in [0.1, 0.15) is 0 Å². The zero-order valence-electron chi connectivity index (χ0n) is 15.4. The summed E-state index contributed by atoms with van der Waals surface area (Å²) in [6, 6.07) is 6.56. The first-order valence-electron chi connectivity index (χ1n) is 8.68. The largest absolute Gasteiger partial charge is 0.489 e. The van der Waals surface area contributed by atoms with Crippen LogP contribution in [0.5, 0.6) is 11.5 Å². The molecule has 0 atom stereocenters. The van der Waals surface area contributed by atoms with Crippen molar-refractivity contribution in [3.63, 3.8) is 0 Å². The zero-order valence-corrected chi connectivity index (χ0v) is 16.9. The van der Waals surface area contributed by atoms with Gasteiger partial charge < -0.3 is 19.5 Å². The van der Waals surface area contributed by atoms with Gasteiger partial charge in [0.2, 0.25) is 0 Å². The van der Waals surface area contributed by atoms with Crippen LogP contribution < -0.4 is 14.8 Å². The Kier molecular flexibility index (Phi) is 6.31. The Hall–Kier alpha value is -2.44. The lowest BCUT2D eigenvalue weighted by Gasteiger charge is -2.13. The van der Waals surface area contributed by atoms with E-state index in [1.807, 2.05) is 19.9 Å². The van der Waals surface area contributed by atoms with Crippen molar-refractivity contribution < 1.29 is 23.8 Å². The van der Waals surface area contributed by atoms with Crippen LogP contribution in [0.3, 0.4) is 0 Å². The highest BCUT2D eigenvalue weighted by Crippen LogP contribution is 2.38. The second-order valence-electron chi connectivity index (χ2n) is 6.40. The van der Waals surface area contributed by atoms with Gasteiger partial charge in [-0.15, -0.1) is 0 Å². The van der Waals surface area contributed by atoms with Crippen molar-refractivity contribution in [2.45, 2.75) is 20.3 Å². The molecule has 1 aliphatic heterocycles. The normalized spacial score (nSPS) is 12.9. The molecule has 0 aromatic heterocycles. The molecule has 3 rings (SSSR count). The summed E-state index contributed by atoms with van der Waals surface area (Å²) in [5, 5.41) is 3.33. The summed E-state index contributed by atoms with van der Waals surface area (Å²) in [5.74, 6) is -0.413. The summed E-state index contributed by atoms with van der Waals surface area (Å²) in [6.45, 7) is 4.22. The molecule has 28 heavy (non-hydrogen) atoms. The van der Waals surface area contributed by atoms with Crippen LogP contribution in [0.1, 0.15) is 27.9 Å². The lowest BCUT2D eigenvalue weighted by molar-refractivity contribution is -0.119. The predicted molar refractivity (Wildman–Crippen MR) is 107 cm³/mol. The van der Waals surface area contributed by atoms with Crippen LogP contribution in [0, 0.1) is 13.8 Å². The van der Waals surface area contributed by atoms with Gasteiger partial charge in [-0.25, -0.2) is 4.79 Å². The summed E-state index contributed by atoms with van der Waals surface area (Å²) in [5.41, 5.74) is 2.47. The summed E-state index contributed by atoms with van der Waals surface area (Å²) >= 11 is 12.3. The van der Waals surface area contributed by atoms with Crippen molar-refractivity contribution in [2.75, 3.05) is 25.1 Å². The summed E-state index contributed by atoms with van der Waals surface area (Å²) in [7, 11) is 0. The fraction of sp³-hybridized carbons (Fsp3) is 0.300. The Labute approximate surface area is 172 Å². The number of esters is 1. The second-order valence-corrected chi connectivity index (χ2v) is 7.21. The molecule has 2 aromatic rings. The fourth-order valence-electron chi connectivity index (χ4n) is 2.81. The molecule has 1 heterocycles. The number of hydrogen-bond donors (Lipinski definition) is 1. The molecule has 0 bridgehead atoms. The van der Waals surface area contributed by atoms with Crippen LogP contribution in [-0.4, -0.2) is 31.7 Å². The molecule has 0 spiro atoms. The van der Waals surface area contributed by atoms with Gasteiger partial charge in [-0.05, 0) is 43.2 Å². The van der Waals surface area contributed by atoms with E-state index in [0.717, 1.165) is 11.1 Å². The number of carbonyl (C=O) groups excluding carboxylic acids is 2. The van der Waals surface area contributed by atoms with Gasteiger partial charge in [0.05, 0.1) is 34.5 Å². The minimum absolute atomic E-state index is 0.173. The van der Waals surface area contributed by atoms with E-state index in [1.165, 1.54) is 12.1 Å². The second kappa shape index (κ2) is 8.71. The molecule has 6 nitrogen and oxygen atoms in total. The Morgan fingerprint density at radius 2 is 1.82 bits per heavy atom. The highest BCUT2D eigenvalue weighted by Gasteiger charge is 2.20. The Morgan fingerprint density at radius 1 is 1.07 bits per heavy atom. The highest BCUT2D eigenvalue weighted by molar-refractivity contribution is 6.34. The smallest absolute Gasteiger partial charge is 0.338 e. The average Bonchev–Trinajstić information content (AvgIpc) is 2.88. The van der Waals surface area contributed by atoms with E-state index < -0.39 is 18.5 Å². The van der Waals surface area contributed by atoms with Crippen LogP contribution in [-0.2, 0) is 9.53 Å². The van der Waals surface area contributed by atoms with Crippen molar-refractivity contribution in [3.05, 3.63) is 51.0 Å². The van der Waals surface area contributed by atoms with E-state index in [2.05, 4.69) is 5.32 Å². The number of carbonyl (C=O) groups is 2. The standard InChI is InChI=1S/C20H19Cl2NO5/c1-11-6-12(2)18(14(21)7-11)23-17(24)10-28-20(25)13-8-15(22)19-16(9-13)26-4-3-5-27-19/h6-9H,3-5,10H2,1-2H3,(H,23,24). The molecule has 0 aliphatic carbocycles. The van der Waals surface area contributed by atoms with Crippen LogP contribution in [0.2, 0.25) is 10.0 Å². The molecule has 148 valence electrons. The molecule has 0 unspecified atom stereocenters. The Balaban J connectivity index is 1.65. The molecule has 1 amide bonds. The van der Waals surface area contributed by atoms with Crippen LogP contribution in [0.4, 0.5) is 5.69 Å². The molecule has 1 N–H and O–H groups in total. The van der Waals surface area contributed by atoms with Gasteiger partial charge in [0.25, 0.3) is 5.91 Å². The lowest BCUT2D eigenvalue weighted by atomic mass is 10.1. The Morgan fingerprint density at radius 3 is 2.57 bits per heavy atom. The summed E-state index contributed by atoms with van der Waals surface area (Å²) in [6.07, 6.45) is 0.714. The fourth-order valence-corrected chi connectivity index (χ4v) is 3.45. The number of hydrogen-bond acceptors (Lipinski definition) is 5. The zero-order chi connectivity index (χ0) is 20.3. The number of fused-ring (bicyclic) bond motifs is 1. The van der Waals surface area contributed by atoms with E-state index in [1.54, 1.807) is 6.07 Å². The van der Waals surface area contributed by atoms with Crippen LogP contribution in [0.25, 0.3) is 0 Å². The first-order valence-corrected chi connectivity index (χ1v) is 9.43. The van der Waals surface area contributed by atoms with Crippen molar-refractivity contribution >= 4 is 40.8 Å². The van der Waals surface area contributed by atoms with Gasteiger partial charge in [0, 0.05) is 6.42 Å². The monoisotopic (exact) mass is 423 g/mol. The number of anilines is 1. The molecule has 0 fully saturated rings. The first-order chi connectivity index (χ1) is 13.3. The van der Waals surface area contributed by atoms with Crippen molar-refractivity contribution in [1.29, 1.82) is 0 Å². The minimum Gasteiger partial charge on any atom is -0.489 e. The lowest BCUT2D eigenvalue weighted by Crippen LogP contribution is -2.21. The third-order valence-electron chi connectivity index (χ3n) is 4.07. The van der Waals surface area contributed by atoms with Crippen molar-refractivity contribution in [2.24, 2.45) is 0 Å². The van der Waals surface area contributed by atoms with E-state index in [9.17, 15) is 9.59 Å². The number of amides is 1. The average molecular weight is 424 g/mol. The van der Waals surface area contributed by atoms with Gasteiger partial charge in [-0.3, -0.25) is 4.79 Å². The van der Waals surface area contributed by atoms with Gasteiger partial charge >= 0.3 is 5.97 Å². The van der Waals surface area contributed by atoms with E-state index in [4.69, 9.17) is 37.4 Å². The van der Waals surface area contributed by atoms with Gasteiger partial charge in [-0.2, -0.15) is 0 Å². The van der Waals surface area contributed by atoms with Gasteiger partial charge in [-0.1, -0.05) is 29.3 Å². The maximum absolute atomic E-state index is 12.3. The van der Waals surface area contributed by atoms with E-state index >= 15 is 0 Å². The number of nitrogens with one attached hydrogen (secondary N) is 1. The highest BCUT2D eigenvalue weighted by atomic mass is 35.5. The SMILES string of the molecule is Cc1cc(C)c(NC(=O)COC(=O)c2cc(Cl)c3c(c2)OCCCO3)c(Cl)c1. The van der Waals surface area contributed by atoms with Crippen LogP contribution >= 0.6 is 23.2 Å². The molecular formula is C20H19Cl2NO5. The van der Waals surface area contributed by atoms with Gasteiger partial charge in [0.15, 0.2) is 18.1 Å². The summed E-state index contributed by atoms with van der Waals surface area (Å²) < 4.78 is 16.2. The maximum Gasteiger partial charge on any atom is 0.338 e. The first kappa shape index (κ1) is 20.3. The number of halogens is 2. The Bertz CT molecular complexity index is 906. The van der Waals surface area contributed by atoms with Crippen molar-refractivity contribution in [3.8, 4) is 11.5 Å². The van der Waals surface area contributed by atoms with Crippen LogP contribution in [0.15, 0.2) is 24.3 Å². The quantitative estimate of drug-likeness (QED) is 0.729. The molecule has 0 radical (unpaired) electrons. The number of ether oxygens (including phenoxy) is 3. The third kappa shape index (κ3) is 4.69. The van der Waals surface area contributed by atoms with E-state index in [0.29, 0.717) is 41.8 Å².